The molecule has 0 spiro atoms. The summed E-state index contributed by atoms with van der Waals surface area (Å²) in [6.45, 7) is 0.993. The first kappa shape index (κ1) is 21.0. The molecule has 0 bridgehead atoms. The predicted molar refractivity (Wildman–Crippen MR) is 115 cm³/mol. The Balaban J connectivity index is 1.69. The lowest BCUT2D eigenvalue weighted by Gasteiger charge is -2.35. The number of halogens is 1. The Kier molecular flexibility index (Phi) is 6.57. The van der Waals surface area contributed by atoms with Crippen LogP contribution in [0, 0.1) is 5.82 Å². The number of aromatic nitrogens is 1. The van der Waals surface area contributed by atoms with E-state index in [9.17, 15) is 9.18 Å². The summed E-state index contributed by atoms with van der Waals surface area (Å²) < 4.78 is 25.3. The number of benzene rings is 2. The number of rotatable bonds is 8. The first-order valence-corrected chi connectivity index (χ1v) is 10.3. The molecule has 0 aliphatic carbocycles. The Hall–Kier alpha value is -3.25. The molecule has 5 nitrogen and oxygen atoms in total. The maximum Gasteiger partial charge on any atom is 0.223 e. The highest BCUT2D eigenvalue weighted by atomic mass is 19.1. The van der Waals surface area contributed by atoms with Gasteiger partial charge in [0, 0.05) is 30.9 Å². The topological polar surface area (TPSA) is 51.7 Å². The van der Waals surface area contributed by atoms with E-state index in [1.807, 2.05) is 41.3 Å². The Morgan fingerprint density at radius 1 is 1.06 bits per heavy atom. The fourth-order valence-corrected chi connectivity index (χ4v) is 3.96. The number of methoxy groups -OCH3 is 1. The minimum absolute atomic E-state index is 0.0799. The number of amides is 1. The van der Waals surface area contributed by atoms with Crippen molar-refractivity contribution in [3.05, 3.63) is 95.6 Å². The van der Waals surface area contributed by atoms with Crippen molar-refractivity contribution in [2.24, 2.45) is 0 Å². The third kappa shape index (κ3) is 4.91. The zero-order valence-electron chi connectivity index (χ0n) is 17.4. The molecule has 1 amide bonds. The number of nitrogens with zero attached hydrogens (tertiary/aromatic N) is 2. The lowest BCUT2D eigenvalue weighted by molar-refractivity contribution is -0.134. The van der Waals surface area contributed by atoms with Gasteiger partial charge >= 0.3 is 0 Å². The van der Waals surface area contributed by atoms with Gasteiger partial charge in [-0.3, -0.25) is 9.78 Å². The molecular formula is C25H25FN2O3. The average molecular weight is 420 g/mol. The Morgan fingerprint density at radius 3 is 2.45 bits per heavy atom. The molecule has 1 saturated heterocycles. The lowest BCUT2D eigenvalue weighted by Crippen LogP contribution is -2.35. The van der Waals surface area contributed by atoms with Crippen molar-refractivity contribution >= 4 is 5.91 Å². The summed E-state index contributed by atoms with van der Waals surface area (Å²) in [5.41, 5.74) is 2.69. The Morgan fingerprint density at radius 2 is 1.84 bits per heavy atom. The molecule has 1 aliphatic heterocycles. The van der Waals surface area contributed by atoms with Crippen LogP contribution >= 0.6 is 0 Å². The van der Waals surface area contributed by atoms with Crippen molar-refractivity contribution in [2.45, 2.75) is 31.6 Å². The van der Waals surface area contributed by atoms with Crippen LogP contribution in [0.15, 0.2) is 73.1 Å². The minimum Gasteiger partial charge on any atom is -0.497 e. The van der Waals surface area contributed by atoms with Gasteiger partial charge in [-0.05, 0) is 47.9 Å². The van der Waals surface area contributed by atoms with E-state index in [0.29, 0.717) is 19.6 Å². The Labute approximate surface area is 181 Å². The number of likely N-dealkylation sites (tertiary alicyclic amines) is 1. The molecule has 0 N–H and O–H groups in total. The maximum atomic E-state index is 13.6. The Bertz CT molecular complexity index is 994. The second-order valence-corrected chi connectivity index (χ2v) is 7.55. The number of hydrogen-bond donors (Lipinski definition) is 0. The van der Waals surface area contributed by atoms with Crippen LogP contribution in [0.2, 0.25) is 0 Å². The summed E-state index contributed by atoms with van der Waals surface area (Å²) in [6.07, 6.45) is 4.32. The van der Waals surface area contributed by atoms with E-state index >= 15 is 0 Å². The van der Waals surface area contributed by atoms with Gasteiger partial charge in [0.1, 0.15) is 17.7 Å². The number of pyridine rings is 1. The van der Waals surface area contributed by atoms with Gasteiger partial charge < -0.3 is 14.4 Å². The van der Waals surface area contributed by atoms with E-state index in [4.69, 9.17) is 9.47 Å². The van der Waals surface area contributed by atoms with Crippen LogP contribution in [-0.2, 0) is 16.1 Å². The first-order valence-electron chi connectivity index (χ1n) is 10.3. The van der Waals surface area contributed by atoms with Gasteiger partial charge in [-0.2, -0.15) is 0 Å². The number of carbonyl (C=O) groups is 1. The van der Waals surface area contributed by atoms with E-state index in [-0.39, 0.29) is 17.8 Å². The molecule has 1 aromatic heterocycles. The second kappa shape index (κ2) is 9.71. The van der Waals surface area contributed by atoms with Crippen LogP contribution in [0.5, 0.6) is 5.75 Å². The molecule has 2 atom stereocenters. The molecule has 0 unspecified atom stereocenters. The van der Waals surface area contributed by atoms with Crippen molar-refractivity contribution < 1.29 is 18.7 Å². The number of carbonyl (C=O) groups excluding carboxylic acids is 1. The molecule has 1 fully saturated rings. The summed E-state index contributed by atoms with van der Waals surface area (Å²) >= 11 is 0. The zero-order valence-corrected chi connectivity index (χ0v) is 17.4. The predicted octanol–water partition coefficient (Wildman–Crippen LogP) is 4.85. The van der Waals surface area contributed by atoms with Gasteiger partial charge in [-0.1, -0.05) is 30.3 Å². The normalized spacial score (nSPS) is 15.7. The SMILES string of the molecule is COc1ccc(CO[C@H](c2cccnc2)[C@H](c2ccc(F)cc2)N2CCCC2=O)cc1. The molecule has 0 radical (unpaired) electrons. The van der Waals surface area contributed by atoms with Crippen LogP contribution in [-0.4, -0.2) is 29.4 Å². The third-order valence-electron chi connectivity index (χ3n) is 5.55. The van der Waals surface area contributed by atoms with Gasteiger partial charge in [0.05, 0.1) is 19.8 Å². The lowest BCUT2D eigenvalue weighted by atomic mass is 9.95. The van der Waals surface area contributed by atoms with Crippen LogP contribution in [0.4, 0.5) is 4.39 Å². The molecule has 3 aromatic rings. The smallest absolute Gasteiger partial charge is 0.223 e. The molecule has 4 rings (SSSR count). The molecule has 31 heavy (non-hydrogen) atoms. The van der Waals surface area contributed by atoms with Gasteiger partial charge in [-0.25, -0.2) is 4.39 Å². The van der Waals surface area contributed by atoms with Gasteiger partial charge in [0.15, 0.2) is 0 Å². The monoisotopic (exact) mass is 420 g/mol. The summed E-state index contributed by atoms with van der Waals surface area (Å²) in [4.78, 5) is 18.8. The summed E-state index contributed by atoms with van der Waals surface area (Å²) in [7, 11) is 1.63. The van der Waals surface area contributed by atoms with Gasteiger partial charge in [0.25, 0.3) is 0 Å². The average Bonchev–Trinajstić information content (AvgIpc) is 3.23. The number of hydrogen-bond acceptors (Lipinski definition) is 4. The fourth-order valence-electron chi connectivity index (χ4n) is 3.96. The molecule has 1 aliphatic rings. The van der Waals surface area contributed by atoms with Crippen LogP contribution < -0.4 is 4.74 Å². The summed E-state index contributed by atoms with van der Waals surface area (Å²) in [6, 6.07) is 17.4. The molecule has 0 saturated carbocycles. The molecule has 160 valence electrons. The first-order chi connectivity index (χ1) is 15.2. The van der Waals surface area contributed by atoms with Crippen LogP contribution in [0.25, 0.3) is 0 Å². The zero-order chi connectivity index (χ0) is 21.6. The summed E-state index contributed by atoms with van der Waals surface area (Å²) in [5, 5.41) is 0. The highest BCUT2D eigenvalue weighted by molar-refractivity contribution is 5.78. The third-order valence-corrected chi connectivity index (χ3v) is 5.55. The number of ether oxygens (including phenoxy) is 2. The van der Waals surface area contributed by atoms with Crippen molar-refractivity contribution in [3.63, 3.8) is 0 Å². The van der Waals surface area contributed by atoms with Gasteiger partial charge in [0.2, 0.25) is 5.91 Å². The highest BCUT2D eigenvalue weighted by Crippen LogP contribution is 2.39. The van der Waals surface area contributed by atoms with Gasteiger partial charge in [-0.15, -0.1) is 0 Å². The van der Waals surface area contributed by atoms with E-state index in [0.717, 1.165) is 28.9 Å². The standard InChI is InChI=1S/C25H25FN2O3/c1-30-22-12-6-18(7-13-22)17-31-25(20-4-2-14-27-16-20)24(28-15-3-5-23(28)29)19-8-10-21(26)11-9-19/h2,4,6-14,16,24-25H,3,5,15,17H2,1H3/t24-,25+/m0/s1. The van der Waals surface area contributed by atoms with Crippen molar-refractivity contribution in [3.8, 4) is 5.75 Å². The molecule has 6 heteroatoms. The van der Waals surface area contributed by atoms with E-state index in [2.05, 4.69) is 4.98 Å². The van der Waals surface area contributed by atoms with E-state index < -0.39 is 6.10 Å². The second-order valence-electron chi connectivity index (χ2n) is 7.55. The van der Waals surface area contributed by atoms with Crippen molar-refractivity contribution in [2.75, 3.05) is 13.7 Å². The van der Waals surface area contributed by atoms with Crippen LogP contribution in [0.3, 0.4) is 0 Å². The van der Waals surface area contributed by atoms with Crippen molar-refractivity contribution in [1.82, 2.24) is 9.88 Å². The van der Waals surface area contributed by atoms with Crippen molar-refractivity contribution in [1.29, 1.82) is 0 Å². The molecular weight excluding hydrogens is 395 g/mol. The minimum atomic E-state index is -0.455. The highest BCUT2D eigenvalue weighted by Gasteiger charge is 2.36. The summed E-state index contributed by atoms with van der Waals surface area (Å²) in [5.74, 6) is 0.544. The molecule has 2 heterocycles. The van der Waals surface area contributed by atoms with E-state index in [1.165, 1.54) is 12.1 Å². The van der Waals surface area contributed by atoms with Crippen LogP contribution in [0.1, 0.15) is 41.7 Å². The quantitative estimate of drug-likeness (QED) is 0.523. The maximum absolute atomic E-state index is 13.6. The molecule has 2 aromatic carbocycles. The van der Waals surface area contributed by atoms with E-state index in [1.54, 1.807) is 31.6 Å². The fraction of sp³-hybridized carbons (Fsp3) is 0.280. The largest absolute Gasteiger partial charge is 0.497 e.